The molecule has 8 heteroatoms. The molecule has 0 spiro atoms. The van der Waals surface area contributed by atoms with Gasteiger partial charge in [0.2, 0.25) is 0 Å². The Balaban J connectivity index is 1.36. The lowest BCUT2D eigenvalue weighted by molar-refractivity contribution is 0.0303. The summed E-state index contributed by atoms with van der Waals surface area (Å²) in [6, 6.07) is 19.3. The Bertz CT molecular complexity index is 1380. The average Bonchev–Trinajstić information content (AvgIpc) is 3.33. The van der Waals surface area contributed by atoms with Crippen LogP contribution >= 0.6 is 0 Å². The summed E-state index contributed by atoms with van der Waals surface area (Å²) in [6.07, 6.45) is 0.613. The molecular weight excluding hydrogens is 464 g/mol. The zero-order valence-electron chi connectivity index (χ0n) is 19.4. The number of hydrogen-bond acceptors (Lipinski definition) is 5. The number of morpholine rings is 1. The summed E-state index contributed by atoms with van der Waals surface area (Å²) in [4.78, 5) is 26.2. The van der Waals surface area contributed by atoms with Gasteiger partial charge in [0.05, 0.1) is 23.8 Å². The van der Waals surface area contributed by atoms with Crippen molar-refractivity contribution in [1.82, 2.24) is 4.90 Å². The summed E-state index contributed by atoms with van der Waals surface area (Å²) in [5, 5.41) is 0. The van der Waals surface area contributed by atoms with Crippen LogP contribution in [-0.2, 0) is 21.2 Å². The molecule has 2 heterocycles. The Morgan fingerprint density at radius 1 is 0.800 bits per heavy atom. The molecule has 2 aliphatic rings. The van der Waals surface area contributed by atoms with Gasteiger partial charge in [-0.3, -0.25) is 13.9 Å². The number of anilines is 1. The van der Waals surface area contributed by atoms with Crippen LogP contribution in [0.15, 0.2) is 71.6 Å². The number of Topliss-reactive ketones (excluding diaryl/α,β-unsaturated/α-hetero) is 1. The Hall–Kier alpha value is -3.49. The molecule has 1 saturated heterocycles. The van der Waals surface area contributed by atoms with Crippen LogP contribution in [0.5, 0.6) is 0 Å². The van der Waals surface area contributed by atoms with Crippen molar-refractivity contribution in [1.29, 1.82) is 0 Å². The number of benzene rings is 3. The number of nitrogens with zero attached hydrogens (tertiary/aromatic N) is 2. The van der Waals surface area contributed by atoms with E-state index in [9.17, 15) is 18.0 Å². The van der Waals surface area contributed by atoms with Crippen molar-refractivity contribution in [3.05, 3.63) is 83.4 Å². The largest absolute Gasteiger partial charge is 0.378 e. The van der Waals surface area contributed by atoms with Gasteiger partial charge in [0.25, 0.3) is 15.9 Å². The molecule has 0 N–H and O–H groups in total. The number of carbonyl (C=O) groups is 2. The highest BCUT2D eigenvalue weighted by Gasteiger charge is 2.31. The van der Waals surface area contributed by atoms with Crippen molar-refractivity contribution in [2.75, 3.05) is 37.2 Å². The van der Waals surface area contributed by atoms with Crippen LogP contribution in [0.25, 0.3) is 11.1 Å². The van der Waals surface area contributed by atoms with E-state index >= 15 is 0 Å². The van der Waals surface area contributed by atoms with Crippen molar-refractivity contribution in [3.63, 3.8) is 0 Å². The van der Waals surface area contributed by atoms with Gasteiger partial charge in [-0.15, -0.1) is 0 Å². The Morgan fingerprint density at radius 3 is 2.09 bits per heavy atom. The van der Waals surface area contributed by atoms with Crippen LogP contribution in [0.2, 0.25) is 0 Å². The van der Waals surface area contributed by atoms with Gasteiger partial charge in [-0.25, -0.2) is 8.42 Å². The zero-order chi connectivity index (χ0) is 24.6. The van der Waals surface area contributed by atoms with Crippen LogP contribution in [0.1, 0.15) is 33.2 Å². The van der Waals surface area contributed by atoms with Gasteiger partial charge >= 0.3 is 0 Å². The fourth-order valence-corrected chi connectivity index (χ4v) is 6.05. The van der Waals surface area contributed by atoms with Crippen molar-refractivity contribution in [3.8, 4) is 11.1 Å². The third kappa shape index (κ3) is 4.47. The number of carbonyl (C=O) groups excluding carboxylic acids is 2. The van der Waals surface area contributed by atoms with E-state index in [2.05, 4.69) is 0 Å². The van der Waals surface area contributed by atoms with Crippen molar-refractivity contribution < 1.29 is 22.7 Å². The molecule has 0 saturated carbocycles. The quantitative estimate of drug-likeness (QED) is 0.509. The Labute approximate surface area is 205 Å². The molecule has 0 atom stereocenters. The first-order valence-electron chi connectivity index (χ1n) is 11.6. The van der Waals surface area contributed by atoms with Gasteiger partial charge in [-0.2, -0.15) is 0 Å². The van der Waals surface area contributed by atoms with Crippen molar-refractivity contribution in [2.45, 2.75) is 18.2 Å². The maximum Gasteiger partial charge on any atom is 0.264 e. The predicted molar refractivity (Wildman–Crippen MR) is 133 cm³/mol. The maximum absolute atomic E-state index is 13.3. The second-order valence-electron chi connectivity index (χ2n) is 8.73. The summed E-state index contributed by atoms with van der Waals surface area (Å²) in [5.41, 5.74) is 4.69. The zero-order valence-corrected chi connectivity index (χ0v) is 20.3. The molecule has 1 amide bonds. The fourth-order valence-electron chi connectivity index (χ4n) is 4.54. The van der Waals surface area contributed by atoms with Crippen molar-refractivity contribution in [2.24, 2.45) is 0 Å². The minimum atomic E-state index is -3.73. The lowest BCUT2D eigenvalue weighted by Crippen LogP contribution is -2.40. The third-order valence-electron chi connectivity index (χ3n) is 6.54. The van der Waals surface area contributed by atoms with E-state index < -0.39 is 10.0 Å². The molecule has 3 aromatic carbocycles. The monoisotopic (exact) mass is 490 g/mol. The van der Waals surface area contributed by atoms with Crippen LogP contribution in [0.4, 0.5) is 5.69 Å². The molecule has 5 rings (SSSR count). The van der Waals surface area contributed by atoms with Crippen LogP contribution in [-0.4, -0.2) is 57.9 Å². The van der Waals surface area contributed by atoms with Crippen molar-refractivity contribution >= 4 is 27.4 Å². The highest BCUT2D eigenvalue weighted by atomic mass is 32.2. The lowest BCUT2D eigenvalue weighted by Gasteiger charge is -2.26. The standard InChI is InChI=1S/C27H26N2O5S/c1-19(30)20-6-9-25(10-7-20)35(32,33)29-13-12-24-18-23(8-11-26(24)29)21-2-4-22(5-3-21)27(31)28-14-16-34-17-15-28/h2-11,18H,12-17H2,1H3. The molecule has 7 nitrogen and oxygen atoms in total. The van der Waals surface area contributed by atoms with E-state index in [1.807, 2.05) is 42.5 Å². The fraction of sp³-hybridized carbons (Fsp3) is 0.259. The highest BCUT2D eigenvalue weighted by Crippen LogP contribution is 2.36. The smallest absolute Gasteiger partial charge is 0.264 e. The van der Waals surface area contributed by atoms with E-state index in [1.165, 1.54) is 23.4 Å². The number of ketones is 1. The van der Waals surface area contributed by atoms with Gasteiger partial charge in [0.1, 0.15) is 0 Å². The minimum absolute atomic E-state index is 0.00554. The highest BCUT2D eigenvalue weighted by molar-refractivity contribution is 7.92. The van der Waals surface area contributed by atoms with Crippen LogP contribution in [0, 0.1) is 0 Å². The van der Waals surface area contributed by atoms with E-state index in [0.29, 0.717) is 56.1 Å². The SMILES string of the molecule is CC(=O)c1ccc(S(=O)(=O)N2CCc3cc(-c4ccc(C(=O)N5CCOCC5)cc4)ccc32)cc1. The average molecular weight is 491 g/mol. The molecule has 0 aromatic heterocycles. The second kappa shape index (κ2) is 9.28. The number of hydrogen-bond donors (Lipinski definition) is 0. The number of amides is 1. The molecule has 0 unspecified atom stereocenters. The first-order valence-corrected chi connectivity index (χ1v) is 13.0. The van der Waals surface area contributed by atoms with Crippen LogP contribution < -0.4 is 4.31 Å². The number of ether oxygens (including phenoxy) is 1. The normalized spacial score (nSPS) is 15.7. The first kappa shape index (κ1) is 23.3. The molecule has 0 bridgehead atoms. The number of rotatable bonds is 5. The second-order valence-corrected chi connectivity index (χ2v) is 10.6. The molecule has 3 aromatic rings. The summed E-state index contributed by atoms with van der Waals surface area (Å²) in [7, 11) is -3.73. The predicted octanol–water partition coefficient (Wildman–Crippen LogP) is 3.78. The van der Waals surface area contributed by atoms with E-state index in [0.717, 1.165) is 16.7 Å². The summed E-state index contributed by atoms with van der Waals surface area (Å²) in [5.74, 6) is -0.0996. The van der Waals surface area contributed by atoms with E-state index in [-0.39, 0.29) is 16.6 Å². The molecule has 0 aliphatic carbocycles. The summed E-state index contributed by atoms with van der Waals surface area (Å²) < 4.78 is 33.3. The molecular formula is C27H26N2O5S. The topological polar surface area (TPSA) is 84.0 Å². The Kier molecular flexibility index (Phi) is 6.17. The number of sulfonamides is 1. The molecule has 35 heavy (non-hydrogen) atoms. The third-order valence-corrected chi connectivity index (χ3v) is 8.37. The summed E-state index contributed by atoms with van der Waals surface area (Å²) >= 11 is 0. The first-order chi connectivity index (χ1) is 16.8. The molecule has 0 radical (unpaired) electrons. The lowest BCUT2D eigenvalue weighted by atomic mass is 10.0. The van der Waals surface area contributed by atoms with Gasteiger partial charge in [-0.1, -0.05) is 30.3 Å². The van der Waals surface area contributed by atoms with Gasteiger partial charge in [0, 0.05) is 30.8 Å². The number of fused-ring (bicyclic) bond motifs is 1. The Morgan fingerprint density at radius 2 is 1.43 bits per heavy atom. The van der Waals surface area contributed by atoms with E-state index in [1.54, 1.807) is 17.0 Å². The minimum Gasteiger partial charge on any atom is -0.378 e. The van der Waals surface area contributed by atoms with Gasteiger partial charge < -0.3 is 9.64 Å². The van der Waals surface area contributed by atoms with Crippen LogP contribution in [0.3, 0.4) is 0 Å². The maximum atomic E-state index is 13.3. The van der Waals surface area contributed by atoms with Gasteiger partial charge in [0.15, 0.2) is 5.78 Å². The van der Waals surface area contributed by atoms with Gasteiger partial charge in [-0.05, 0) is 66.4 Å². The van der Waals surface area contributed by atoms with E-state index in [4.69, 9.17) is 4.74 Å². The molecule has 2 aliphatic heterocycles. The summed E-state index contributed by atoms with van der Waals surface area (Å²) in [6.45, 7) is 4.15. The molecule has 1 fully saturated rings. The molecule has 180 valence electrons.